The van der Waals surface area contributed by atoms with Crippen molar-refractivity contribution in [2.45, 2.75) is 49.4 Å². The van der Waals surface area contributed by atoms with Gasteiger partial charge in [0.15, 0.2) is 0 Å². The van der Waals surface area contributed by atoms with Crippen LogP contribution in [0.2, 0.25) is 0 Å². The lowest BCUT2D eigenvalue weighted by molar-refractivity contribution is 0.00525. The first-order valence-corrected chi connectivity index (χ1v) is 10.4. The Hall–Kier alpha value is -1.53. The highest BCUT2D eigenvalue weighted by atomic mass is 32.2. The smallest absolute Gasteiger partial charge is 0.119 e. The van der Waals surface area contributed by atoms with Crippen LogP contribution in [0.3, 0.4) is 0 Å². The van der Waals surface area contributed by atoms with Crippen LogP contribution < -0.4 is 4.74 Å². The fourth-order valence-electron chi connectivity index (χ4n) is 3.50. The van der Waals surface area contributed by atoms with E-state index in [4.69, 9.17) is 4.74 Å². The van der Waals surface area contributed by atoms with Crippen LogP contribution in [0.25, 0.3) is 0 Å². The summed E-state index contributed by atoms with van der Waals surface area (Å²) < 4.78 is 5.50. The third kappa shape index (κ3) is 4.85. The van der Waals surface area contributed by atoms with Gasteiger partial charge in [-0.3, -0.25) is 0 Å². The Balaban J connectivity index is 1.81. The number of benzene rings is 2. The van der Waals surface area contributed by atoms with Gasteiger partial charge in [0.2, 0.25) is 0 Å². The van der Waals surface area contributed by atoms with E-state index in [2.05, 4.69) is 31.2 Å². The average molecular weight is 389 g/mol. The molecule has 2 aromatic carbocycles. The second kappa shape index (κ2) is 9.11. The lowest BCUT2D eigenvalue weighted by Gasteiger charge is -2.36. The minimum atomic E-state index is -0.821. The summed E-state index contributed by atoms with van der Waals surface area (Å²) in [6.45, 7) is 4.72. The molecule has 0 radical (unpaired) electrons. The molecule has 3 rings (SSSR count). The van der Waals surface area contributed by atoms with Gasteiger partial charge in [-0.15, -0.1) is 11.8 Å². The van der Waals surface area contributed by atoms with Gasteiger partial charge in [0.05, 0.1) is 30.7 Å². The second-order valence-electron chi connectivity index (χ2n) is 7.09. The molecule has 1 fully saturated rings. The van der Waals surface area contributed by atoms with Gasteiger partial charge in [-0.1, -0.05) is 30.3 Å². The average Bonchev–Trinajstić information content (AvgIpc) is 2.67. The van der Waals surface area contributed by atoms with Gasteiger partial charge in [-0.25, -0.2) is 0 Å². The van der Waals surface area contributed by atoms with E-state index >= 15 is 0 Å². The van der Waals surface area contributed by atoms with E-state index in [1.807, 2.05) is 25.1 Å². The summed E-state index contributed by atoms with van der Waals surface area (Å²) in [4.78, 5) is 0. The van der Waals surface area contributed by atoms with E-state index in [0.29, 0.717) is 13.0 Å². The normalized spacial score (nSPS) is 25.4. The molecule has 2 aromatic rings. The second-order valence-corrected chi connectivity index (χ2v) is 8.54. The van der Waals surface area contributed by atoms with Crippen LogP contribution in [0, 0.1) is 6.92 Å². The fourth-order valence-corrected chi connectivity index (χ4v) is 4.95. The summed E-state index contributed by atoms with van der Waals surface area (Å²) >= 11 is 1.55. The van der Waals surface area contributed by atoms with Gasteiger partial charge in [0, 0.05) is 5.25 Å². The zero-order chi connectivity index (χ0) is 19.4. The number of aryl methyl sites for hydroxylation is 1. The van der Waals surface area contributed by atoms with Crippen molar-refractivity contribution in [1.82, 2.24) is 0 Å². The minimum Gasteiger partial charge on any atom is -0.494 e. The highest BCUT2D eigenvalue weighted by molar-refractivity contribution is 8.00. The van der Waals surface area contributed by atoms with Crippen LogP contribution in [-0.4, -0.2) is 46.0 Å². The van der Waals surface area contributed by atoms with Crippen molar-refractivity contribution >= 4 is 11.8 Å². The number of hydrogen-bond donors (Lipinski definition) is 3. The first-order valence-electron chi connectivity index (χ1n) is 9.45. The zero-order valence-corrected chi connectivity index (χ0v) is 16.7. The van der Waals surface area contributed by atoms with E-state index in [1.54, 1.807) is 11.8 Å². The van der Waals surface area contributed by atoms with Crippen LogP contribution >= 0.6 is 11.8 Å². The molecule has 5 heteroatoms. The molecular formula is C22H28O4S. The lowest BCUT2D eigenvalue weighted by atomic mass is 9.94. The number of rotatable bonds is 6. The number of ether oxygens (including phenoxy) is 1. The molecule has 0 aliphatic carbocycles. The van der Waals surface area contributed by atoms with E-state index < -0.39 is 12.2 Å². The maximum absolute atomic E-state index is 10.5. The predicted octanol–water partition coefficient (Wildman–Crippen LogP) is 3.25. The van der Waals surface area contributed by atoms with E-state index in [1.165, 1.54) is 16.7 Å². The molecule has 146 valence electrons. The molecule has 1 aliphatic rings. The monoisotopic (exact) mass is 388 g/mol. The van der Waals surface area contributed by atoms with E-state index in [-0.39, 0.29) is 17.1 Å². The highest BCUT2D eigenvalue weighted by Gasteiger charge is 2.37. The lowest BCUT2D eigenvalue weighted by Crippen LogP contribution is -2.39. The van der Waals surface area contributed by atoms with Crippen molar-refractivity contribution in [2.24, 2.45) is 0 Å². The van der Waals surface area contributed by atoms with Crippen LogP contribution in [0.1, 0.15) is 40.8 Å². The Bertz CT molecular complexity index is 746. The first-order chi connectivity index (χ1) is 13.0. The van der Waals surface area contributed by atoms with Crippen molar-refractivity contribution in [1.29, 1.82) is 0 Å². The molecule has 0 amide bonds. The van der Waals surface area contributed by atoms with Crippen LogP contribution in [-0.2, 0) is 6.42 Å². The SMILES string of the molecule is CCOc1ccc(Cc2cc([C@@H]3S[C@H](CO)C[C@H](O)[C@H]3O)ccc2C)cc1. The van der Waals surface area contributed by atoms with Crippen LogP contribution in [0.15, 0.2) is 42.5 Å². The molecule has 3 N–H and O–H groups in total. The molecule has 1 heterocycles. The summed E-state index contributed by atoms with van der Waals surface area (Å²) in [5.41, 5.74) is 4.59. The first kappa shape index (κ1) is 20.2. The minimum absolute atomic E-state index is 0.00977. The third-order valence-electron chi connectivity index (χ3n) is 5.08. The Labute approximate surface area is 165 Å². The van der Waals surface area contributed by atoms with E-state index in [0.717, 1.165) is 17.7 Å². The maximum Gasteiger partial charge on any atom is 0.119 e. The van der Waals surface area contributed by atoms with Crippen molar-refractivity contribution in [3.05, 3.63) is 64.7 Å². The molecule has 1 saturated heterocycles. The Morgan fingerprint density at radius 3 is 2.52 bits per heavy atom. The number of thioether (sulfide) groups is 1. The van der Waals surface area contributed by atoms with Gasteiger partial charge >= 0.3 is 0 Å². The van der Waals surface area contributed by atoms with Gasteiger partial charge in [-0.2, -0.15) is 0 Å². The summed E-state index contributed by atoms with van der Waals surface area (Å²) in [6, 6.07) is 14.3. The zero-order valence-electron chi connectivity index (χ0n) is 15.8. The summed E-state index contributed by atoms with van der Waals surface area (Å²) in [7, 11) is 0. The van der Waals surface area contributed by atoms with Gasteiger partial charge in [0.1, 0.15) is 5.75 Å². The van der Waals surface area contributed by atoms with E-state index in [9.17, 15) is 15.3 Å². The van der Waals surface area contributed by atoms with Crippen LogP contribution in [0.5, 0.6) is 5.75 Å². The standard InChI is InChI=1S/C22H28O4S/c1-3-26-18-8-5-15(6-9-18)10-17-11-16(7-4-14(17)2)22-21(25)20(24)12-19(13-23)27-22/h4-9,11,19-25H,3,10,12-13H2,1-2H3/t19-,20-,21+,22-/m0/s1. The molecule has 4 atom stereocenters. The fraction of sp³-hybridized carbons (Fsp3) is 0.455. The molecule has 27 heavy (non-hydrogen) atoms. The number of aliphatic hydroxyl groups is 3. The van der Waals surface area contributed by atoms with Crippen LogP contribution in [0.4, 0.5) is 0 Å². The van der Waals surface area contributed by atoms with Crippen molar-refractivity contribution in [3.63, 3.8) is 0 Å². The molecule has 0 aromatic heterocycles. The topological polar surface area (TPSA) is 69.9 Å². The summed E-state index contributed by atoms with van der Waals surface area (Å²) in [5.74, 6) is 0.873. The summed E-state index contributed by atoms with van der Waals surface area (Å²) in [5, 5.41) is 29.8. The molecular weight excluding hydrogens is 360 g/mol. The largest absolute Gasteiger partial charge is 0.494 e. The van der Waals surface area contributed by atoms with Crippen molar-refractivity contribution in [3.8, 4) is 5.75 Å². The Morgan fingerprint density at radius 1 is 1.11 bits per heavy atom. The van der Waals surface area contributed by atoms with Gasteiger partial charge < -0.3 is 20.1 Å². The third-order valence-corrected chi connectivity index (χ3v) is 6.65. The molecule has 0 saturated carbocycles. The number of aliphatic hydroxyl groups excluding tert-OH is 3. The molecule has 4 nitrogen and oxygen atoms in total. The summed E-state index contributed by atoms with van der Waals surface area (Å²) in [6.07, 6.45) is -0.405. The quantitative estimate of drug-likeness (QED) is 0.709. The highest BCUT2D eigenvalue weighted by Crippen LogP contribution is 2.43. The number of hydrogen-bond acceptors (Lipinski definition) is 5. The van der Waals surface area contributed by atoms with Gasteiger partial charge in [0.25, 0.3) is 0 Å². The molecule has 0 bridgehead atoms. The van der Waals surface area contributed by atoms with Gasteiger partial charge in [-0.05, 0) is 61.1 Å². The molecule has 0 spiro atoms. The maximum atomic E-state index is 10.5. The van der Waals surface area contributed by atoms with Crippen molar-refractivity contribution < 1.29 is 20.1 Å². The molecule has 0 unspecified atom stereocenters. The predicted molar refractivity (Wildman–Crippen MR) is 109 cm³/mol. The Kier molecular flexibility index (Phi) is 6.82. The van der Waals surface area contributed by atoms with Crippen molar-refractivity contribution in [2.75, 3.05) is 13.2 Å². The molecule has 1 aliphatic heterocycles. The Morgan fingerprint density at radius 2 is 1.85 bits per heavy atom.